The van der Waals surface area contributed by atoms with Crippen LogP contribution in [0.3, 0.4) is 0 Å². The van der Waals surface area contributed by atoms with Gasteiger partial charge in [-0.2, -0.15) is 0 Å². The second-order valence-corrected chi connectivity index (χ2v) is 5.75. The van der Waals surface area contributed by atoms with Gasteiger partial charge in [-0.15, -0.1) is 0 Å². The van der Waals surface area contributed by atoms with E-state index in [4.69, 9.17) is 5.11 Å². The van der Waals surface area contributed by atoms with Crippen molar-refractivity contribution in [2.24, 2.45) is 23.2 Å². The molecule has 4 atom stereocenters. The SMILES string of the molecule is CC1(C(=O)O)C[C@@H]2CC(C(=O)O)C[C@@H](C2)C1. The van der Waals surface area contributed by atoms with Crippen molar-refractivity contribution in [2.45, 2.75) is 39.0 Å². The Hall–Kier alpha value is -1.06. The van der Waals surface area contributed by atoms with E-state index < -0.39 is 17.4 Å². The predicted octanol–water partition coefficient (Wildman–Crippen LogP) is 1.99. The Labute approximate surface area is 94.7 Å². The van der Waals surface area contributed by atoms with Crippen LogP contribution in [0.15, 0.2) is 0 Å². The van der Waals surface area contributed by atoms with Crippen LogP contribution in [0.4, 0.5) is 0 Å². The van der Waals surface area contributed by atoms with Gasteiger partial charge in [0.1, 0.15) is 0 Å². The topological polar surface area (TPSA) is 74.6 Å². The average molecular weight is 226 g/mol. The Morgan fingerprint density at radius 2 is 1.56 bits per heavy atom. The highest BCUT2D eigenvalue weighted by atomic mass is 16.4. The molecule has 2 rings (SSSR count). The van der Waals surface area contributed by atoms with E-state index in [0.717, 1.165) is 6.42 Å². The van der Waals surface area contributed by atoms with Crippen molar-refractivity contribution in [3.8, 4) is 0 Å². The Kier molecular flexibility index (Phi) is 2.68. The molecule has 4 nitrogen and oxygen atoms in total. The maximum absolute atomic E-state index is 11.2. The molecule has 2 saturated carbocycles. The smallest absolute Gasteiger partial charge is 0.309 e. The minimum atomic E-state index is -0.726. The summed E-state index contributed by atoms with van der Waals surface area (Å²) in [5, 5.41) is 18.2. The molecular weight excluding hydrogens is 208 g/mol. The van der Waals surface area contributed by atoms with Crippen molar-refractivity contribution in [3.05, 3.63) is 0 Å². The number of carboxylic acid groups (broad SMARTS) is 2. The van der Waals surface area contributed by atoms with Gasteiger partial charge >= 0.3 is 11.9 Å². The Morgan fingerprint density at radius 1 is 1.06 bits per heavy atom. The summed E-state index contributed by atoms with van der Waals surface area (Å²) in [7, 11) is 0. The summed E-state index contributed by atoms with van der Waals surface area (Å²) >= 11 is 0. The molecule has 2 aliphatic rings. The molecule has 2 fully saturated rings. The van der Waals surface area contributed by atoms with Crippen molar-refractivity contribution in [1.82, 2.24) is 0 Å². The van der Waals surface area contributed by atoms with Gasteiger partial charge in [-0.1, -0.05) is 0 Å². The molecule has 0 saturated heterocycles. The zero-order chi connectivity index (χ0) is 11.9. The number of hydrogen-bond donors (Lipinski definition) is 2. The molecule has 2 aliphatic carbocycles. The van der Waals surface area contributed by atoms with E-state index >= 15 is 0 Å². The summed E-state index contributed by atoms with van der Waals surface area (Å²) in [6.07, 6.45) is 3.63. The van der Waals surface area contributed by atoms with E-state index in [-0.39, 0.29) is 17.8 Å². The van der Waals surface area contributed by atoms with Gasteiger partial charge in [0.2, 0.25) is 0 Å². The predicted molar refractivity (Wildman–Crippen MR) is 56.9 cm³/mol. The van der Waals surface area contributed by atoms with Gasteiger partial charge < -0.3 is 10.2 Å². The number of fused-ring (bicyclic) bond motifs is 2. The fourth-order valence-electron chi connectivity index (χ4n) is 3.63. The first-order valence-electron chi connectivity index (χ1n) is 5.87. The lowest BCUT2D eigenvalue weighted by atomic mass is 9.59. The van der Waals surface area contributed by atoms with Gasteiger partial charge in [-0.3, -0.25) is 9.59 Å². The van der Waals surface area contributed by atoms with Crippen LogP contribution in [0.2, 0.25) is 0 Å². The van der Waals surface area contributed by atoms with Crippen LogP contribution in [0, 0.1) is 23.2 Å². The fraction of sp³-hybridized carbons (Fsp3) is 0.833. The second kappa shape index (κ2) is 3.75. The molecule has 4 heteroatoms. The Balaban J connectivity index is 2.11. The Bertz CT molecular complexity index is 309. The quantitative estimate of drug-likeness (QED) is 0.755. The number of aliphatic carboxylic acids is 2. The zero-order valence-corrected chi connectivity index (χ0v) is 9.48. The lowest BCUT2D eigenvalue weighted by molar-refractivity contribution is -0.155. The van der Waals surface area contributed by atoms with Crippen molar-refractivity contribution < 1.29 is 19.8 Å². The molecular formula is C12H18O4. The molecule has 0 aromatic rings. The molecule has 16 heavy (non-hydrogen) atoms. The standard InChI is InChI=1S/C12H18O4/c1-12(11(15)16)5-7-2-8(6-12)4-9(3-7)10(13)14/h7-9H,2-6H2,1H3,(H,13,14)(H,15,16)/t7-,8+,9?,12?. The molecule has 0 spiro atoms. The minimum Gasteiger partial charge on any atom is -0.481 e. The molecule has 2 bridgehead atoms. The van der Waals surface area contributed by atoms with Crippen LogP contribution in [0.5, 0.6) is 0 Å². The van der Waals surface area contributed by atoms with E-state index in [2.05, 4.69) is 0 Å². The first-order valence-corrected chi connectivity index (χ1v) is 5.87. The van der Waals surface area contributed by atoms with Gasteiger partial charge in [0.15, 0.2) is 0 Å². The molecule has 2 N–H and O–H groups in total. The summed E-state index contributed by atoms with van der Waals surface area (Å²) < 4.78 is 0. The first-order chi connectivity index (χ1) is 7.40. The Morgan fingerprint density at radius 3 is 1.94 bits per heavy atom. The first kappa shape index (κ1) is 11.4. The van der Waals surface area contributed by atoms with Crippen molar-refractivity contribution in [3.63, 3.8) is 0 Å². The van der Waals surface area contributed by atoms with Crippen LogP contribution >= 0.6 is 0 Å². The second-order valence-electron chi connectivity index (χ2n) is 5.75. The number of rotatable bonds is 2. The highest BCUT2D eigenvalue weighted by molar-refractivity contribution is 5.74. The fourth-order valence-corrected chi connectivity index (χ4v) is 3.63. The zero-order valence-electron chi connectivity index (χ0n) is 9.48. The van der Waals surface area contributed by atoms with Crippen molar-refractivity contribution >= 4 is 11.9 Å². The lowest BCUT2D eigenvalue weighted by Crippen LogP contribution is -2.42. The van der Waals surface area contributed by atoms with Crippen LogP contribution in [-0.4, -0.2) is 22.2 Å². The van der Waals surface area contributed by atoms with Crippen LogP contribution in [-0.2, 0) is 9.59 Å². The van der Waals surface area contributed by atoms with E-state index in [0.29, 0.717) is 25.7 Å². The van der Waals surface area contributed by atoms with Gasteiger partial charge in [-0.25, -0.2) is 0 Å². The highest BCUT2D eigenvalue weighted by Gasteiger charge is 2.47. The van der Waals surface area contributed by atoms with Gasteiger partial charge in [-0.05, 0) is 50.9 Å². The molecule has 0 aromatic heterocycles. The number of carbonyl (C=O) groups is 2. The largest absolute Gasteiger partial charge is 0.481 e. The van der Waals surface area contributed by atoms with Crippen molar-refractivity contribution in [1.29, 1.82) is 0 Å². The maximum atomic E-state index is 11.2. The van der Waals surface area contributed by atoms with E-state index in [9.17, 15) is 14.7 Å². The van der Waals surface area contributed by atoms with Crippen LogP contribution < -0.4 is 0 Å². The summed E-state index contributed by atoms with van der Waals surface area (Å²) in [6.45, 7) is 1.80. The highest BCUT2D eigenvalue weighted by Crippen LogP contribution is 2.50. The molecule has 0 radical (unpaired) electrons. The maximum Gasteiger partial charge on any atom is 0.309 e. The average Bonchev–Trinajstić information content (AvgIpc) is 2.15. The summed E-state index contributed by atoms with van der Waals surface area (Å²) in [4.78, 5) is 22.2. The molecule has 0 amide bonds. The molecule has 90 valence electrons. The molecule has 0 heterocycles. The summed E-state index contributed by atoms with van der Waals surface area (Å²) in [5.74, 6) is -1.11. The minimum absolute atomic E-state index is 0.248. The van der Waals surface area contributed by atoms with Crippen molar-refractivity contribution in [2.75, 3.05) is 0 Å². The summed E-state index contributed by atoms with van der Waals surface area (Å²) in [6, 6.07) is 0. The number of carboxylic acids is 2. The van der Waals surface area contributed by atoms with Gasteiger partial charge in [0.05, 0.1) is 11.3 Å². The summed E-state index contributed by atoms with van der Waals surface area (Å²) in [5.41, 5.74) is -0.628. The molecule has 0 aliphatic heterocycles. The molecule has 0 aromatic carbocycles. The number of hydrogen-bond acceptors (Lipinski definition) is 2. The van der Waals surface area contributed by atoms with E-state index in [1.54, 1.807) is 6.92 Å². The van der Waals surface area contributed by atoms with Crippen LogP contribution in [0.25, 0.3) is 0 Å². The van der Waals surface area contributed by atoms with Gasteiger partial charge in [0.25, 0.3) is 0 Å². The third kappa shape index (κ3) is 1.93. The van der Waals surface area contributed by atoms with Crippen LogP contribution in [0.1, 0.15) is 39.0 Å². The third-order valence-corrected chi connectivity index (χ3v) is 4.25. The van der Waals surface area contributed by atoms with E-state index in [1.807, 2.05) is 0 Å². The lowest BCUT2D eigenvalue weighted by Gasteiger charge is -2.44. The monoisotopic (exact) mass is 226 g/mol. The van der Waals surface area contributed by atoms with E-state index in [1.165, 1.54) is 0 Å². The normalized spacial score (nSPS) is 42.7. The van der Waals surface area contributed by atoms with Gasteiger partial charge in [0, 0.05) is 0 Å². The third-order valence-electron chi connectivity index (χ3n) is 4.25. The molecule has 2 unspecified atom stereocenters.